The van der Waals surface area contributed by atoms with Crippen LogP contribution in [0.25, 0.3) is 0 Å². The number of ether oxygens (including phenoxy) is 1. The highest BCUT2D eigenvalue weighted by molar-refractivity contribution is 7.92. The molecule has 2 aromatic rings. The Morgan fingerprint density at radius 1 is 1.15 bits per heavy atom. The van der Waals surface area contributed by atoms with Gasteiger partial charge in [0.25, 0.3) is 10.0 Å². The Morgan fingerprint density at radius 2 is 1.82 bits per heavy atom. The molecule has 16 heteroatoms. The molecule has 218 valence electrons. The lowest BCUT2D eigenvalue weighted by Gasteiger charge is -2.36. The minimum Gasteiger partial charge on any atom is -0.481 e. The second kappa shape index (κ2) is 9.52. The Kier molecular flexibility index (Phi) is 7.00. The molecular formula is C24H23F6N3O6S. The van der Waals surface area contributed by atoms with Crippen molar-refractivity contribution >= 4 is 33.5 Å². The highest BCUT2D eigenvalue weighted by atomic mass is 32.2. The Bertz CT molecular complexity index is 1460. The summed E-state index contributed by atoms with van der Waals surface area (Å²) in [4.78, 5) is 26.1. The first-order chi connectivity index (χ1) is 18.2. The molecule has 1 fully saturated rings. The van der Waals surface area contributed by atoms with Gasteiger partial charge in [0.15, 0.2) is 0 Å². The third-order valence-electron chi connectivity index (χ3n) is 7.04. The molecule has 1 unspecified atom stereocenters. The maximum Gasteiger partial charge on any atom is 0.427 e. The summed E-state index contributed by atoms with van der Waals surface area (Å²) in [5, 5.41) is 11.3. The van der Waals surface area contributed by atoms with Crippen LogP contribution in [0.15, 0.2) is 41.6 Å². The van der Waals surface area contributed by atoms with Gasteiger partial charge in [-0.25, -0.2) is 13.2 Å². The van der Waals surface area contributed by atoms with Gasteiger partial charge in [0.2, 0.25) is 5.60 Å². The summed E-state index contributed by atoms with van der Waals surface area (Å²) in [6.45, 7) is 1.00. The molecular weight excluding hydrogens is 572 g/mol. The van der Waals surface area contributed by atoms with E-state index in [1.54, 1.807) is 0 Å². The van der Waals surface area contributed by atoms with Gasteiger partial charge in [-0.3, -0.25) is 19.4 Å². The van der Waals surface area contributed by atoms with Crippen LogP contribution in [-0.4, -0.2) is 48.9 Å². The van der Waals surface area contributed by atoms with Crippen LogP contribution in [0.3, 0.4) is 0 Å². The number of pyridine rings is 1. The Labute approximate surface area is 224 Å². The minimum absolute atomic E-state index is 0.0445. The number of halogens is 6. The number of nitrogens with zero attached hydrogens (tertiary/aromatic N) is 2. The molecule has 2 heterocycles. The van der Waals surface area contributed by atoms with E-state index in [0.29, 0.717) is 38.1 Å². The van der Waals surface area contributed by atoms with Crippen molar-refractivity contribution < 1.29 is 54.2 Å². The van der Waals surface area contributed by atoms with Gasteiger partial charge in [-0.1, -0.05) is 6.07 Å². The molecule has 40 heavy (non-hydrogen) atoms. The number of carboxylic acids is 1. The third kappa shape index (κ3) is 5.67. The predicted octanol–water partition coefficient (Wildman–Crippen LogP) is 5.22. The largest absolute Gasteiger partial charge is 0.481 e. The molecule has 0 radical (unpaired) electrons. The average Bonchev–Trinajstić information content (AvgIpc) is 3.46. The summed E-state index contributed by atoms with van der Waals surface area (Å²) in [7, 11) is -4.70. The van der Waals surface area contributed by atoms with Crippen molar-refractivity contribution in [2.75, 3.05) is 16.2 Å². The van der Waals surface area contributed by atoms with Gasteiger partial charge in [0, 0.05) is 31.0 Å². The minimum atomic E-state index is -4.88. The molecule has 1 saturated carbocycles. The first-order valence-corrected chi connectivity index (χ1v) is 13.2. The number of carbonyl (C=O) groups excluding carboxylic acids is 1. The van der Waals surface area contributed by atoms with E-state index in [1.807, 2.05) is 0 Å². The summed E-state index contributed by atoms with van der Waals surface area (Å²) in [6.07, 6.45) is -9.69. The van der Waals surface area contributed by atoms with Gasteiger partial charge in [-0.05, 0) is 61.8 Å². The van der Waals surface area contributed by atoms with Crippen LogP contribution >= 0.6 is 0 Å². The quantitative estimate of drug-likeness (QED) is 0.439. The number of sulfonamides is 1. The van der Waals surface area contributed by atoms with E-state index in [2.05, 4.69) is 15.0 Å². The molecule has 2 atom stereocenters. The standard InChI is InChI=1S/C24H23F6N3O6S/c1-21(2,24(28,29)30)39-20(36)32-16-4-3-13-8-22(9-14(22)6-19(34)35)12-33(18(13)7-16)40(37,38)17-5-15(10-31-11-17)23(25,26)27/h3-5,7,10-11,14H,6,8-9,12H2,1-2H3,(H,32,36)(H,34,35)/t14-,22?/m0/s1. The Hall–Kier alpha value is -3.56. The topological polar surface area (TPSA) is 126 Å². The molecule has 1 aliphatic carbocycles. The van der Waals surface area contributed by atoms with Crippen LogP contribution < -0.4 is 9.62 Å². The molecule has 0 saturated heterocycles. The number of carboxylic acid groups (broad SMARTS) is 1. The van der Waals surface area contributed by atoms with Gasteiger partial charge in [-0.2, -0.15) is 26.3 Å². The van der Waals surface area contributed by atoms with Gasteiger partial charge in [0.1, 0.15) is 4.90 Å². The lowest BCUT2D eigenvalue weighted by Crippen LogP contribution is -2.44. The molecule has 1 amide bonds. The van der Waals surface area contributed by atoms with E-state index in [9.17, 15) is 49.5 Å². The Morgan fingerprint density at radius 3 is 2.42 bits per heavy atom. The van der Waals surface area contributed by atoms with Gasteiger partial charge >= 0.3 is 24.4 Å². The highest BCUT2D eigenvalue weighted by Gasteiger charge is 2.58. The molecule has 1 aromatic heterocycles. The van der Waals surface area contributed by atoms with Gasteiger partial charge in [0.05, 0.1) is 11.3 Å². The lowest BCUT2D eigenvalue weighted by molar-refractivity contribution is -0.242. The fourth-order valence-corrected chi connectivity index (χ4v) is 6.24. The zero-order valence-electron chi connectivity index (χ0n) is 20.9. The number of carbonyl (C=O) groups is 2. The summed E-state index contributed by atoms with van der Waals surface area (Å²) in [5.41, 5.74) is -4.74. The van der Waals surface area contributed by atoms with E-state index in [4.69, 9.17) is 0 Å². The van der Waals surface area contributed by atoms with Gasteiger partial charge < -0.3 is 9.84 Å². The Balaban J connectivity index is 1.72. The molecule has 0 bridgehead atoms. The smallest absolute Gasteiger partial charge is 0.427 e. The van der Waals surface area contributed by atoms with Crippen molar-refractivity contribution in [3.8, 4) is 0 Å². The number of nitrogens with one attached hydrogen (secondary N) is 1. The fraction of sp³-hybridized carbons (Fsp3) is 0.458. The van der Waals surface area contributed by atoms with Crippen LogP contribution in [0.1, 0.15) is 37.8 Å². The van der Waals surface area contributed by atoms with Gasteiger partial charge in [-0.15, -0.1) is 0 Å². The number of amides is 1. The summed E-state index contributed by atoms with van der Waals surface area (Å²) in [6, 6.07) is 4.27. The highest BCUT2D eigenvalue weighted by Crippen LogP contribution is 2.60. The van der Waals surface area contributed by atoms with Crippen LogP contribution in [0, 0.1) is 11.3 Å². The number of aromatic nitrogens is 1. The van der Waals surface area contributed by atoms with E-state index < -0.39 is 61.8 Å². The van der Waals surface area contributed by atoms with Crippen molar-refractivity contribution in [3.63, 3.8) is 0 Å². The number of anilines is 2. The number of alkyl halides is 6. The first-order valence-electron chi connectivity index (χ1n) is 11.7. The number of rotatable bonds is 6. The predicted molar refractivity (Wildman–Crippen MR) is 127 cm³/mol. The first kappa shape index (κ1) is 29.4. The van der Waals surface area contributed by atoms with E-state index >= 15 is 0 Å². The maximum absolute atomic E-state index is 13.7. The normalized spacial score (nSPS) is 21.1. The van der Waals surface area contributed by atoms with Crippen LogP contribution in [0.2, 0.25) is 0 Å². The molecule has 1 aromatic carbocycles. The van der Waals surface area contributed by atoms with Crippen molar-refractivity contribution in [2.45, 2.75) is 56.0 Å². The third-order valence-corrected chi connectivity index (χ3v) is 8.77. The summed E-state index contributed by atoms with van der Waals surface area (Å²) in [5.74, 6) is -1.49. The molecule has 2 N–H and O–H groups in total. The molecule has 9 nitrogen and oxygen atoms in total. The molecule has 4 rings (SSSR count). The number of hydrogen-bond acceptors (Lipinski definition) is 6. The van der Waals surface area contributed by atoms with Crippen LogP contribution in [-0.2, 0) is 32.2 Å². The molecule has 2 aliphatic rings. The second-order valence-corrected chi connectivity index (χ2v) is 12.2. The number of benzene rings is 1. The van der Waals surface area contributed by atoms with E-state index in [1.165, 1.54) is 12.1 Å². The zero-order chi connectivity index (χ0) is 29.9. The van der Waals surface area contributed by atoms with Crippen LogP contribution in [0.4, 0.5) is 42.5 Å². The summed E-state index contributed by atoms with van der Waals surface area (Å²) >= 11 is 0. The average molecular weight is 596 g/mol. The second-order valence-electron chi connectivity index (χ2n) is 10.3. The van der Waals surface area contributed by atoms with Crippen molar-refractivity contribution in [2.24, 2.45) is 11.3 Å². The SMILES string of the molecule is CC(C)(OC(=O)Nc1ccc2c(c1)N(S(=O)(=O)c1cncc(C(F)(F)F)c1)CC1(C2)C[C@@H]1CC(=O)O)C(F)(F)F. The molecule has 1 aliphatic heterocycles. The van der Waals surface area contributed by atoms with Crippen molar-refractivity contribution in [3.05, 3.63) is 47.8 Å². The lowest BCUT2D eigenvalue weighted by atomic mass is 9.88. The monoisotopic (exact) mass is 595 g/mol. The number of aliphatic carboxylic acids is 1. The molecule has 1 spiro atoms. The fourth-order valence-electron chi connectivity index (χ4n) is 4.66. The van der Waals surface area contributed by atoms with Crippen molar-refractivity contribution in [1.29, 1.82) is 0 Å². The number of hydrogen-bond donors (Lipinski definition) is 2. The van der Waals surface area contributed by atoms with Crippen molar-refractivity contribution in [1.82, 2.24) is 4.98 Å². The van der Waals surface area contributed by atoms with E-state index in [0.717, 1.165) is 16.6 Å². The van der Waals surface area contributed by atoms with Crippen LogP contribution in [0.5, 0.6) is 0 Å². The summed E-state index contributed by atoms with van der Waals surface area (Å²) < 4.78 is 112. The number of fused-ring (bicyclic) bond motifs is 1. The van der Waals surface area contributed by atoms with E-state index in [-0.39, 0.29) is 30.8 Å². The maximum atomic E-state index is 13.7. The zero-order valence-corrected chi connectivity index (χ0v) is 21.7.